The zero-order valence-electron chi connectivity index (χ0n) is 14.7. The molecule has 27 heavy (non-hydrogen) atoms. The first kappa shape index (κ1) is 20.0. The van der Waals surface area contributed by atoms with E-state index in [-0.39, 0.29) is 0 Å². The van der Waals surface area contributed by atoms with Gasteiger partial charge in [-0.25, -0.2) is 0 Å². The van der Waals surface area contributed by atoms with Gasteiger partial charge in [-0.3, -0.25) is 0 Å². The van der Waals surface area contributed by atoms with Gasteiger partial charge in [0.2, 0.25) is 0 Å². The van der Waals surface area contributed by atoms with Gasteiger partial charge in [-0.15, -0.1) is 0 Å². The van der Waals surface area contributed by atoms with E-state index in [0.29, 0.717) is 16.7 Å². The Balaban J connectivity index is 1.52. The summed E-state index contributed by atoms with van der Waals surface area (Å²) in [4.78, 5) is 0. The highest BCUT2D eigenvalue weighted by atomic mass is 35.5. The Morgan fingerprint density at radius 3 is 2.30 bits per heavy atom. The van der Waals surface area contributed by atoms with Crippen molar-refractivity contribution >= 4 is 34.8 Å². The van der Waals surface area contributed by atoms with Crippen LogP contribution in [-0.4, -0.2) is 6.54 Å². The fourth-order valence-electron chi connectivity index (χ4n) is 2.70. The third-order valence-corrected chi connectivity index (χ3v) is 5.02. The molecule has 0 spiro atoms. The summed E-state index contributed by atoms with van der Waals surface area (Å²) in [5.41, 5.74) is 3.29. The van der Waals surface area contributed by atoms with E-state index in [4.69, 9.17) is 39.5 Å². The maximum absolute atomic E-state index is 6.22. The number of para-hydroxylation sites is 1. The maximum atomic E-state index is 6.22. The minimum absolute atomic E-state index is 0.508. The van der Waals surface area contributed by atoms with Gasteiger partial charge in [0.1, 0.15) is 12.4 Å². The van der Waals surface area contributed by atoms with Crippen molar-refractivity contribution in [2.45, 2.75) is 19.6 Å². The van der Waals surface area contributed by atoms with Gasteiger partial charge in [0.15, 0.2) is 0 Å². The van der Waals surface area contributed by atoms with Crippen molar-refractivity contribution in [2.24, 2.45) is 0 Å². The van der Waals surface area contributed by atoms with Gasteiger partial charge in [-0.2, -0.15) is 0 Å². The fraction of sp³-hybridized carbons (Fsp3) is 0.182. The molecule has 0 atom stereocenters. The molecule has 3 rings (SSSR count). The molecule has 0 heterocycles. The molecule has 0 unspecified atom stereocenters. The second-order valence-electron chi connectivity index (χ2n) is 6.19. The number of benzene rings is 3. The largest absolute Gasteiger partial charge is 0.489 e. The lowest BCUT2D eigenvalue weighted by atomic mass is 10.1. The smallest absolute Gasteiger partial charge is 0.124 e. The molecule has 0 aliphatic heterocycles. The Kier molecular flexibility index (Phi) is 7.42. The van der Waals surface area contributed by atoms with Crippen molar-refractivity contribution in [3.05, 3.63) is 98.5 Å². The summed E-state index contributed by atoms with van der Waals surface area (Å²) < 4.78 is 5.99. The summed E-state index contributed by atoms with van der Waals surface area (Å²) >= 11 is 18.1. The molecule has 0 aliphatic carbocycles. The molecule has 1 N–H and O–H groups in total. The highest BCUT2D eigenvalue weighted by Crippen LogP contribution is 2.22. The van der Waals surface area contributed by atoms with Crippen LogP contribution in [0.1, 0.15) is 16.7 Å². The van der Waals surface area contributed by atoms with Gasteiger partial charge in [-0.05, 0) is 54.4 Å². The van der Waals surface area contributed by atoms with Crippen LogP contribution in [0.2, 0.25) is 15.1 Å². The molecule has 2 nitrogen and oxygen atoms in total. The van der Waals surface area contributed by atoms with Gasteiger partial charge in [-0.1, -0.05) is 71.2 Å². The van der Waals surface area contributed by atoms with Crippen LogP contribution < -0.4 is 10.1 Å². The standard InChI is InChI=1S/C22H20Cl3NO/c23-19-8-5-16(6-9-19)15-27-22-4-2-1-3-18(22)14-26-12-11-17-7-10-20(24)13-21(17)25/h1-10,13,26H,11-12,14-15H2. The Morgan fingerprint density at radius 1 is 0.778 bits per heavy atom. The SMILES string of the molecule is Clc1ccc(COc2ccccc2CNCCc2ccc(Cl)cc2Cl)cc1. The summed E-state index contributed by atoms with van der Waals surface area (Å²) in [7, 11) is 0. The quantitative estimate of drug-likeness (QED) is 0.417. The zero-order valence-corrected chi connectivity index (χ0v) is 17.0. The number of rotatable bonds is 8. The summed E-state index contributed by atoms with van der Waals surface area (Å²) in [5, 5.41) is 5.54. The normalized spacial score (nSPS) is 10.8. The average Bonchev–Trinajstić information content (AvgIpc) is 2.67. The van der Waals surface area contributed by atoms with Gasteiger partial charge >= 0.3 is 0 Å². The molecular weight excluding hydrogens is 401 g/mol. The molecule has 0 bridgehead atoms. The highest BCUT2D eigenvalue weighted by molar-refractivity contribution is 6.35. The van der Waals surface area contributed by atoms with Crippen molar-refractivity contribution in [3.8, 4) is 5.75 Å². The zero-order chi connectivity index (χ0) is 19.1. The molecule has 0 saturated carbocycles. The van der Waals surface area contributed by atoms with Gasteiger partial charge in [0, 0.05) is 27.2 Å². The number of ether oxygens (including phenoxy) is 1. The van der Waals surface area contributed by atoms with E-state index < -0.39 is 0 Å². The van der Waals surface area contributed by atoms with Crippen LogP contribution in [0, 0.1) is 0 Å². The number of nitrogens with one attached hydrogen (secondary N) is 1. The molecule has 3 aromatic carbocycles. The van der Waals surface area contributed by atoms with E-state index in [1.165, 1.54) is 0 Å². The number of hydrogen-bond acceptors (Lipinski definition) is 2. The first-order chi connectivity index (χ1) is 13.1. The topological polar surface area (TPSA) is 21.3 Å². The second-order valence-corrected chi connectivity index (χ2v) is 7.47. The summed E-state index contributed by atoms with van der Waals surface area (Å²) in [6.45, 7) is 2.05. The summed E-state index contributed by atoms with van der Waals surface area (Å²) in [5.74, 6) is 0.879. The Labute approximate surface area is 175 Å². The molecule has 0 fully saturated rings. The van der Waals surface area contributed by atoms with E-state index >= 15 is 0 Å². The molecule has 3 aromatic rings. The predicted molar refractivity (Wildman–Crippen MR) is 114 cm³/mol. The van der Waals surface area contributed by atoms with Crippen molar-refractivity contribution in [2.75, 3.05) is 6.54 Å². The molecule has 5 heteroatoms. The van der Waals surface area contributed by atoms with E-state index in [2.05, 4.69) is 11.4 Å². The molecule has 0 radical (unpaired) electrons. The van der Waals surface area contributed by atoms with E-state index in [1.54, 1.807) is 6.07 Å². The Morgan fingerprint density at radius 2 is 1.52 bits per heavy atom. The summed E-state index contributed by atoms with van der Waals surface area (Å²) in [6.07, 6.45) is 0.837. The van der Waals surface area contributed by atoms with Crippen LogP contribution in [0.4, 0.5) is 0 Å². The van der Waals surface area contributed by atoms with Crippen molar-refractivity contribution < 1.29 is 4.74 Å². The molecule has 0 saturated heterocycles. The van der Waals surface area contributed by atoms with Crippen LogP contribution in [0.5, 0.6) is 5.75 Å². The molecular formula is C22H20Cl3NO. The first-order valence-corrected chi connectivity index (χ1v) is 9.85. The predicted octanol–water partition coefficient (Wildman–Crippen LogP) is 6.56. The molecule has 0 aromatic heterocycles. The fourth-order valence-corrected chi connectivity index (χ4v) is 3.33. The average molecular weight is 421 g/mol. The highest BCUT2D eigenvalue weighted by Gasteiger charge is 2.05. The van der Waals surface area contributed by atoms with Crippen molar-refractivity contribution in [1.82, 2.24) is 5.32 Å². The number of hydrogen-bond donors (Lipinski definition) is 1. The van der Waals surface area contributed by atoms with E-state index in [9.17, 15) is 0 Å². The minimum atomic E-state index is 0.508. The first-order valence-electron chi connectivity index (χ1n) is 8.71. The van der Waals surface area contributed by atoms with Gasteiger partial charge < -0.3 is 10.1 Å². The third-order valence-electron chi connectivity index (χ3n) is 4.18. The Bertz CT molecular complexity index is 881. The lowest BCUT2D eigenvalue weighted by Crippen LogP contribution is -2.17. The van der Waals surface area contributed by atoms with Crippen molar-refractivity contribution in [3.63, 3.8) is 0 Å². The lowest BCUT2D eigenvalue weighted by molar-refractivity contribution is 0.302. The molecule has 140 valence electrons. The van der Waals surface area contributed by atoms with E-state index in [1.807, 2.05) is 54.6 Å². The van der Waals surface area contributed by atoms with Gasteiger partial charge in [0.05, 0.1) is 0 Å². The lowest BCUT2D eigenvalue weighted by Gasteiger charge is -2.13. The monoisotopic (exact) mass is 419 g/mol. The van der Waals surface area contributed by atoms with Crippen LogP contribution in [-0.2, 0) is 19.6 Å². The molecule has 0 aliphatic rings. The molecule has 0 amide bonds. The van der Waals surface area contributed by atoms with Crippen LogP contribution in [0.3, 0.4) is 0 Å². The minimum Gasteiger partial charge on any atom is -0.489 e. The summed E-state index contributed by atoms with van der Waals surface area (Å²) in [6, 6.07) is 21.3. The van der Waals surface area contributed by atoms with Crippen molar-refractivity contribution in [1.29, 1.82) is 0 Å². The van der Waals surface area contributed by atoms with Crippen LogP contribution in [0.15, 0.2) is 66.7 Å². The number of halogens is 3. The Hall–Kier alpha value is -1.71. The van der Waals surface area contributed by atoms with E-state index in [0.717, 1.165) is 47.0 Å². The third kappa shape index (κ3) is 6.15. The van der Waals surface area contributed by atoms with Crippen LogP contribution >= 0.6 is 34.8 Å². The van der Waals surface area contributed by atoms with Crippen LogP contribution in [0.25, 0.3) is 0 Å². The second kappa shape index (κ2) is 10.0. The maximum Gasteiger partial charge on any atom is 0.124 e. The van der Waals surface area contributed by atoms with Gasteiger partial charge in [0.25, 0.3) is 0 Å².